The molecule has 2 rings (SSSR count). The standard InChI is InChI=1S/C14H15BrF2N2O/c15-11-4-5-13(20-14(16)17)10(6-11)8-19-12-3-1-2-9(12)7-18/h4-6,9,12,14,19H,1-3,8H2. The first-order valence-corrected chi connectivity index (χ1v) is 7.25. The van der Waals surface area contributed by atoms with Crippen molar-refractivity contribution in [2.75, 3.05) is 0 Å². The molecule has 6 heteroatoms. The average Bonchev–Trinajstić information content (AvgIpc) is 2.86. The molecular formula is C14H15BrF2N2O. The number of nitrogens with one attached hydrogen (secondary N) is 1. The van der Waals surface area contributed by atoms with Crippen LogP contribution in [0.5, 0.6) is 5.75 Å². The molecule has 0 heterocycles. The molecule has 108 valence electrons. The number of nitrogens with zero attached hydrogens (tertiary/aromatic N) is 1. The van der Waals surface area contributed by atoms with Gasteiger partial charge in [0, 0.05) is 22.6 Å². The number of halogens is 3. The quantitative estimate of drug-likeness (QED) is 0.882. The van der Waals surface area contributed by atoms with Gasteiger partial charge in [-0.05, 0) is 31.0 Å². The Hall–Kier alpha value is -1.19. The average molecular weight is 345 g/mol. The van der Waals surface area contributed by atoms with Crippen LogP contribution >= 0.6 is 15.9 Å². The molecule has 1 fully saturated rings. The molecular weight excluding hydrogens is 330 g/mol. The molecule has 0 bridgehead atoms. The molecule has 1 aromatic carbocycles. The maximum absolute atomic E-state index is 12.4. The normalized spacial score (nSPS) is 21.9. The van der Waals surface area contributed by atoms with Crippen LogP contribution in [0.4, 0.5) is 8.78 Å². The van der Waals surface area contributed by atoms with E-state index in [1.165, 1.54) is 6.07 Å². The van der Waals surface area contributed by atoms with E-state index in [0.29, 0.717) is 12.1 Å². The van der Waals surface area contributed by atoms with Crippen LogP contribution in [-0.2, 0) is 6.54 Å². The summed E-state index contributed by atoms with van der Waals surface area (Å²) in [4.78, 5) is 0. The molecule has 0 saturated heterocycles. The van der Waals surface area contributed by atoms with E-state index in [1.807, 2.05) is 0 Å². The lowest BCUT2D eigenvalue weighted by molar-refractivity contribution is -0.0505. The summed E-state index contributed by atoms with van der Waals surface area (Å²) in [6.07, 6.45) is 2.86. The number of benzene rings is 1. The van der Waals surface area contributed by atoms with E-state index in [9.17, 15) is 8.78 Å². The van der Waals surface area contributed by atoms with Gasteiger partial charge in [-0.25, -0.2) is 0 Å². The number of rotatable bonds is 5. The van der Waals surface area contributed by atoms with E-state index in [4.69, 9.17) is 5.26 Å². The molecule has 0 radical (unpaired) electrons. The number of hydrogen-bond acceptors (Lipinski definition) is 3. The maximum Gasteiger partial charge on any atom is 0.387 e. The van der Waals surface area contributed by atoms with Crippen molar-refractivity contribution in [2.24, 2.45) is 5.92 Å². The van der Waals surface area contributed by atoms with Crippen molar-refractivity contribution in [3.8, 4) is 11.8 Å². The smallest absolute Gasteiger partial charge is 0.387 e. The second kappa shape index (κ2) is 7.00. The third-order valence-electron chi connectivity index (χ3n) is 3.48. The Bertz CT molecular complexity index is 504. The molecule has 1 aliphatic rings. The topological polar surface area (TPSA) is 45.0 Å². The summed E-state index contributed by atoms with van der Waals surface area (Å²) in [5.74, 6) is 0.170. The predicted octanol–water partition coefficient (Wildman–Crippen LogP) is 3.83. The Morgan fingerprint density at radius 1 is 1.45 bits per heavy atom. The molecule has 3 nitrogen and oxygen atoms in total. The molecule has 1 N–H and O–H groups in total. The van der Waals surface area contributed by atoms with E-state index >= 15 is 0 Å². The van der Waals surface area contributed by atoms with Gasteiger partial charge in [0.1, 0.15) is 5.75 Å². The Morgan fingerprint density at radius 3 is 2.95 bits per heavy atom. The van der Waals surface area contributed by atoms with Gasteiger partial charge in [-0.3, -0.25) is 0 Å². The number of nitriles is 1. The van der Waals surface area contributed by atoms with Gasteiger partial charge in [-0.15, -0.1) is 0 Å². The van der Waals surface area contributed by atoms with Crippen LogP contribution in [0, 0.1) is 17.2 Å². The van der Waals surface area contributed by atoms with E-state index in [2.05, 4.69) is 32.1 Å². The lowest BCUT2D eigenvalue weighted by atomic mass is 10.1. The highest BCUT2D eigenvalue weighted by Crippen LogP contribution is 2.28. The summed E-state index contributed by atoms with van der Waals surface area (Å²) in [6.45, 7) is -2.43. The molecule has 0 aliphatic heterocycles. The van der Waals surface area contributed by atoms with Crippen molar-refractivity contribution in [2.45, 2.75) is 38.5 Å². The van der Waals surface area contributed by atoms with Gasteiger partial charge in [-0.2, -0.15) is 14.0 Å². The minimum Gasteiger partial charge on any atom is -0.434 e. The van der Waals surface area contributed by atoms with Gasteiger partial charge >= 0.3 is 6.61 Å². The van der Waals surface area contributed by atoms with Crippen molar-refractivity contribution in [1.29, 1.82) is 5.26 Å². The first-order chi connectivity index (χ1) is 9.60. The van der Waals surface area contributed by atoms with Gasteiger partial charge in [0.15, 0.2) is 0 Å². The Morgan fingerprint density at radius 2 is 2.25 bits per heavy atom. The molecule has 1 aromatic rings. The van der Waals surface area contributed by atoms with E-state index in [1.54, 1.807) is 12.1 Å². The van der Waals surface area contributed by atoms with Crippen molar-refractivity contribution in [3.63, 3.8) is 0 Å². The minimum absolute atomic E-state index is 0.00150. The lowest BCUT2D eigenvalue weighted by Crippen LogP contribution is -2.31. The molecule has 0 spiro atoms. The number of ether oxygens (including phenoxy) is 1. The van der Waals surface area contributed by atoms with E-state index in [-0.39, 0.29) is 17.7 Å². The summed E-state index contributed by atoms with van der Waals surface area (Å²) in [5.41, 5.74) is 0.656. The zero-order valence-corrected chi connectivity index (χ0v) is 12.4. The van der Waals surface area contributed by atoms with Gasteiger partial charge in [0.05, 0.1) is 12.0 Å². The SMILES string of the molecule is N#CC1CCCC1NCc1cc(Br)ccc1OC(F)F. The van der Waals surface area contributed by atoms with Crippen LogP contribution in [0.3, 0.4) is 0 Å². The summed E-state index contributed by atoms with van der Waals surface area (Å²) in [5, 5.41) is 12.3. The fourth-order valence-corrected chi connectivity index (χ4v) is 2.91. The molecule has 1 aliphatic carbocycles. The first kappa shape index (κ1) is 15.2. The summed E-state index contributed by atoms with van der Waals surface area (Å²) >= 11 is 3.32. The number of hydrogen-bond donors (Lipinski definition) is 1. The lowest BCUT2D eigenvalue weighted by Gasteiger charge is -2.17. The highest BCUT2D eigenvalue weighted by atomic mass is 79.9. The van der Waals surface area contributed by atoms with Crippen molar-refractivity contribution in [3.05, 3.63) is 28.2 Å². The fourth-order valence-electron chi connectivity index (χ4n) is 2.50. The fraction of sp³-hybridized carbons (Fsp3) is 0.500. The van der Waals surface area contributed by atoms with Gasteiger partial charge in [0.2, 0.25) is 0 Å². The molecule has 2 atom stereocenters. The van der Waals surface area contributed by atoms with Gasteiger partial charge in [0.25, 0.3) is 0 Å². The van der Waals surface area contributed by atoms with Crippen LogP contribution in [0.15, 0.2) is 22.7 Å². The highest BCUT2D eigenvalue weighted by molar-refractivity contribution is 9.10. The Balaban J connectivity index is 2.04. The van der Waals surface area contributed by atoms with Crippen LogP contribution in [0.25, 0.3) is 0 Å². The third kappa shape index (κ3) is 3.90. The predicted molar refractivity (Wildman–Crippen MR) is 74.4 cm³/mol. The summed E-state index contributed by atoms with van der Waals surface area (Å²) in [6, 6.07) is 7.34. The highest BCUT2D eigenvalue weighted by Gasteiger charge is 2.26. The van der Waals surface area contributed by atoms with Crippen molar-refractivity contribution >= 4 is 15.9 Å². The summed E-state index contributed by atoms with van der Waals surface area (Å²) < 4.78 is 30.0. The van der Waals surface area contributed by atoms with Crippen molar-refractivity contribution < 1.29 is 13.5 Å². The monoisotopic (exact) mass is 344 g/mol. The zero-order valence-electron chi connectivity index (χ0n) is 10.8. The second-order valence-electron chi connectivity index (χ2n) is 4.78. The van der Waals surface area contributed by atoms with Gasteiger partial charge < -0.3 is 10.1 Å². The number of alkyl halides is 2. The zero-order chi connectivity index (χ0) is 14.5. The largest absolute Gasteiger partial charge is 0.434 e. The molecule has 2 unspecified atom stereocenters. The van der Waals surface area contributed by atoms with Crippen LogP contribution < -0.4 is 10.1 Å². The van der Waals surface area contributed by atoms with Crippen molar-refractivity contribution in [1.82, 2.24) is 5.32 Å². The molecule has 0 aromatic heterocycles. The van der Waals surface area contributed by atoms with E-state index < -0.39 is 6.61 Å². The van der Waals surface area contributed by atoms with Crippen LogP contribution in [-0.4, -0.2) is 12.7 Å². The Kier molecular flexibility index (Phi) is 5.32. The Labute approximate surface area is 125 Å². The van der Waals surface area contributed by atoms with Crippen LogP contribution in [0.1, 0.15) is 24.8 Å². The first-order valence-electron chi connectivity index (χ1n) is 6.46. The molecule has 1 saturated carbocycles. The van der Waals surface area contributed by atoms with E-state index in [0.717, 1.165) is 23.7 Å². The second-order valence-corrected chi connectivity index (χ2v) is 5.70. The maximum atomic E-state index is 12.4. The van der Waals surface area contributed by atoms with Gasteiger partial charge in [-0.1, -0.05) is 22.4 Å². The minimum atomic E-state index is -2.84. The third-order valence-corrected chi connectivity index (χ3v) is 3.97. The molecule has 0 amide bonds. The molecule has 20 heavy (non-hydrogen) atoms. The van der Waals surface area contributed by atoms with Crippen LogP contribution in [0.2, 0.25) is 0 Å². The summed E-state index contributed by atoms with van der Waals surface area (Å²) in [7, 11) is 0.